The Balaban J connectivity index is 2.35. The highest BCUT2D eigenvalue weighted by atomic mass is 19.1. The monoisotopic (exact) mass is 292 g/mol. The summed E-state index contributed by atoms with van der Waals surface area (Å²) in [6.45, 7) is 3.41. The standard InChI is InChI=1S/C15H14F2N2O2/c1-9-3-6-15(19(20)21)14(7-9)18-10(2)12-8-11(16)4-5-13(12)17/h3-8,10,18H,1-2H3. The predicted molar refractivity (Wildman–Crippen MR) is 76.2 cm³/mol. The Morgan fingerprint density at radius 1 is 1.19 bits per heavy atom. The Morgan fingerprint density at radius 2 is 1.90 bits per heavy atom. The smallest absolute Gasteiger partial charge is 0.292 e. The van der Waals surface area contributed by atoms with Crippen molar-refractivity contribution in [1.82, 2.24) is 0 Å². The molecule has 0 fully saturated rings. The van der Waals surface area contributed by atoms with Gasteiger partial charge in [-0.05, 0) is 43.7 Å². The molecule has 1 N–H and O–H groups in total. The van der Waals surface area contributed by atoms with Gasteiger partial charge >= 0.3 is 0 Å². The zero-order valence-corrected chi connectivity index (χ0v) is 11.6. The minimum Gasteiger partial charge on any atom is -0.373 e. The molecule has 2 rings (SSSR count). The van der Waals surface area contributed by atoms with Crippen LogP contribution in [-0.2, 0) is 0 Å². The van der Waals surface area contributed by atoms with Crippen LogP contribution in [0.1, 0.15) is 24.1 Å². The van der Waals surface area contributed by atoms with Crippen molar-refractivity contribution in [3.05, 3.63) is 69.3 Å². The first-order valence-electron chi connectivity index (χ1n) is 6.35. The normalized spacial score (nSPS) is 12.0. The summed E-state index contributed by atoms with van der Waals surface area (Å²) < 4.78 is 26.9. The molecule has 0 aliphatic rings. The predicted octanol–water partition coefficient (Wildman–Crippen LogP) is 4.35. The van der Waals surface area contributed by atoms with Gasteiger partial charge in [0.15, 0.2) is 0 Å². The molecule has 0 saturated carbocycles. The molecule has 0 radical (unpaired) electrons. The molecule has 1 atom stereocenters. The summed E-state index contributed by atoms with van der Waals surface area (Å²) in [5.41, 5.74) is 1.11. The van der Waals surface area contributed by atoms with Gasteiger partial charge in [0, 0.05) is 11.6 Å². The third-order valence-electron chi connectivity index (χ3n) is 3.15. The van der Waals surface area contributed by atoms with Crippen LogP contribution in [0.3, 0.4) is 0 Å². The largest absolute Gasteiger partial charge is 0.373 e. The molecule has 4 nitrogen and oxygen atoms in total. The lowest BCUT2D eigenvalue weighted by Gasteiger charge is -2.17. The maximum absolute atomic E-state index is 13.7. The fourth-order valence-electron chi connectivity index (χ4n) is 2.08. The van der Waals surface area contributed by atoms with Crippen molar-refractivity contribution in [2.45, 2.75) is 19.9 Å². The second-order valence-corrected chi connectivity index (χ2v) is 4.81. The SMILES string of the molecule is Cc1ccc([N+](=O)[O-])c(NC(C)c2cc(F)ccc2F)c1. The minimum atomic E-state index is -0.610. The average Bonchev–Trinajstić information content (AvgIpc) is 2.41. The summed E-state index contributed by atoms with van der Waals surface area (Å²) in [5.74, 6) is -1.12. The number of halogens is 2. The molecule has 0 aliphatic carbocycles. The number of benzene rings is 2. The second kappa shape index (κ2) is 5.87. The number of nitro benzene ring substituents is 1. The molecule has 2 aromatic carbocycles. The van der Waals surface area contributed by atoms with Gasteiger partial charge in [0.1, 0.15) is 17.3 Å². The first-order chi connectivity index (χ1) is 9.88. The van der Waals surface area contributed by atoms with Gasteiger partial charge in [-0.2, -0.15) is 0 Å². The van der Waals surface area contributed by atoms with Gasteiger partial charge in [-0.1, -0.05) is 6.07 Å². The van der Waals surface area contributed by atoms with Gasteiger partial charge in [0.05, 0.1) is 11.0 Å². The molecule has 0 amide bonds. The summed E-state index contributed by atoms with van der Waals surface area (Å²) in [5, 5.41) is 13.9. The third-order valence-corrected chi connectivity index (χ3v) is 3.15. The van der Waals surface area contributed by atoms with E-state index in [2.05, 4.69) is 5.32 Å². The Labute approximate surface area is 120 Å². The Bertz CT molecular complexity index is 689. The lowest BCUT2D eigenvalue weighted by atomic mass is 10.1. The Morgan fingerprint density at radius 3 is 2.57 bits per heavy atom. The molecule has 0 saturated heterocycles. The lowest BCUT2D eigenvalue weighted by molar-refractivity contribution is -0.384. The fraction of sp³-hybridized carbons (Fsp3) is 0.200. The fourth-order valence-corrected chi connectivity index (χ4v) is 2.08. The maximum atomic E-state index is 13.7. The van der Waals surface area contributed by atoms with Gasteiger partial charge in [-0.3, -0.25) is 10.1 Å². The quantitative estimate of drug-likeness (QED) is 0.673. The van der Waals surface area contributed by atoms with Crippen LogP contribution in [0.4, 0.5) is 20.2 Å². The number of nitro groups is 1. The van der Waals surface area contributed by atoms with Crippen molar-refractivity contribution in [2.24, 2.45) is 0 Å². The molecule has 6 heteroatoms. The van der Waals surface area contributed by atoms with Gasteiger partial charge in [0.2, 0.25) is 0 Å². The number of hydrogen-bond acceptors (Lipinski definition) is 3. The van der Waals surface area contributed by atoms with E-state index < -0.39 is 22.6 Å². The molecule has 110 valence electrons. The summed E-state index contributed by atoms with van der Waals surface area (Å²) in [6, 6.07) is 7.14. The lowest BCUT2D eigenvalue weighted by Crippen LogP contribution is -2.10. The highest BCUT2D eigenvalue weighted by Gasteiger charge is 2.18. The zero-order valence-electron chi connectivity index (χ0n) is 11.6. The van der Waals surface area contributed by atoms with E-state index in [0.717, 1.165) is 23.8 Å². The molecule has 0 aliphatic heterocycles. The molecular formula is C15H14F2N2O2. The number of anilines is 1. The van der Waals surface area contributed by atoms with Crippen LogP contribution in [0.5, 0.6) is 0 Å². The van der Waals surface area contributed by atoms with E-state index in [9.17, 15) is 18.9 Å². The molecule has 0 heterocycles. The van der Waals surface area contributed by atoms with Gasteiger partial charge < -0.3 is 5.32 Å². The van der Waals surface area contributed by atoms with E-state index >= 15 is 0 Å². The maximum Gasteiger partial charge on any atom is 0.292 e. The van der Waals surface area contributed by atoms with Crippen LogP contribution in [0.25, 0.3) is 0 Å². The van der Waals surface area contributed by atoms with Crippen LogP contribution < -0.4 is 5.32 Å². The van der Waals surface area contributed by atoms with E-state index in [1.165, 1.54) is 6.07 Å². The van der Waals surface area contributed by atoms with Crippen molar-refractivity contribution < 1.29 is 13.7 Å². The number of aryl methyl sites for hydroxylation is 1. The van der Waals surface area contributed by atoms with Crippen molar-refractivity contribution in [3.8, 4) is 0 Å². The van der Waals surface area contributed by atoms with Crippen molar-refractivity contribution in [2.75, 3.05) is 5.32 Å². The topological polar surface area (TPSA) is 55.2 Å². The van der Waals surface area contributed by atoms with E-state index in [-0.39, 0.29) is 16.9 Å². The third kappa shape index (κ3) is 3.34. The molecule has 2 aromatic rings. The number of rotatable bonds is 4. The van der Waals surface area contributed by atoms with Crippen LogP contribution >= 0.6 is 0 Å². The highest BCUT2D eigenvalue weighted by Crippen LogP contribution is 2.30. The first-order valence-corrected chi connectivity index (χ1v) is 6.35. The average molecular weight is 292 g/mol. The Kier molecular flexibility index (Phi) is 4.16. The van der Waals surface area contributed by atoms with E-state index in [1.807, 2.05) is 0 Å². The molecule has 0 spiro atoms. The van der Waals surface area contributed by atoms with Crippen molar-refractivity contribution in [3.63, 3.8) is 0 Å². The zero-order chi connectivity index (χ0) is 15.6. The molecular weight excluding hydrogens is 278 g/mol. The number of nitrogens with zero attached hydrogens (tertiary/aromatic N) is 1. The molecule has 0 bridgehead atoms. The van der Waals surface area contributed by atoms with Crippen molar-refractivity contribution in [1.29, 1.82) is 0 Å². The molecule has 21 heavy (non-hydrogen) atoms. The van der Waals surface area contributed by atoms with Gasteiger partial charge in [-0.15, -0.1) is 0 Å². The summed E-state index contributed by atoms with van der Waals surface area (Å²) >= 11 is 0. The summed E-state index contributed by atoms with van der Waals surface area (Å²) in [6.07, 6.45) is 0. The van der Waals surface area contributed by atoms with Crippen LogP contribution in [0, 0.1) is 28.7 Å². The van der Waals surface area contributed by atoms with Gasteiger partial charge in [0.25, 0.3) is 5.69 Å². The molecule has 1 unspecified atom stereocenters. The Hall–Kier alpha value is -2.50. The minimum absolute atomic E-state index is 0.107. The van der Waals surface area contributed by atoms with E-state index in [0.29, 0.717) is 0 Å². The van der Waals surface area contributed by atoms with Gasteiger partial charge in [-0.25, -0.2) is 8.78 Å². The first kappa shape index (κ1) is 14.9. The summed E-state index contributed by atoms with van der Waals surface area (Å²) in [4.78, 5) is 10.5. The summed E-state index contributed by atoms with van der Waals surface area (Å²) in [7, 11) is 0. The van der Waals surface area contributed by atoms with Crippen LogP contribution in [0.15, 0.2) is 36.4 Å². The number of hydrogen-bond donors (Lipinski definition) is 1. The highest BCUT2D eigenvalue weighted by molar-refractivity contribution is 5.63. The second-order valence-electron chi connectivity index (χ2n) is 4.81. The van der Waals surface area contributed by atoms with Crippen LogP contribution in [-0.4, -0.2) is 4.92 Å². The van der Waals surface area contributed by atoms with Crippen LogP contribution in [0.2, 0.25) is 0 Å². The van der Waals surface area contributed by atoms with E-state index in [4.69, 9.17) is 0 Å². The van der Waals surface area contributed by atoms with Crippen molar-refractivity contribution >= 4 is 11.4 Å². The number of nitrogens with one attached hydrogen (secondary N) is 1. The van der Waals surface area contributed by atoms with E-state index in [1.54, 1.807) is 26.0 Å². The molecule has 0 aromatic heterocycles.